The zero-order valence-corrected chi connectivity index (χ0v) is 15.9. The van der Waals surface area contributed by atoms with Gasteiger partial charge in [0.2, 0.25) is 0 Å². The van der Waals surface area contributed by atoms with E-state index in [1.165, 1.54) is 0 Å². The van der Waals surface area contributed by atoms with Gasteiger partial charge in [-0.05, 0) is 34.4 Å². The van der Waals surface area contributed by atoms with Crippen LogP contribution in [0.25, 0.3) is 11.1 Å². The van der Waals surface area contributed by atoms with Crippen molar-refractivity contribution in [3.05, 3.63) is 58.7 Å². The number of halogens is 2. The molecule has 2 aromatic rings. The van der Waals surface area contributed by atoms with Crippen molar-refractivity contribution < 1.29 is 9.59 Å². The molecule has 1 aliphatic carbocycles. The Hall–Kier alpha value is -1.64. The van der Waals surface area contributed by atoms with Crippen molar-refractivity contribution in [3.63, 3.8) is 0 Å². The van der Waals surface area contributed by atoms with Crippen LogP contribution in [0.1, 0.15) is 58.5 Å². The first-order valence-electron chi connectivity index (χ1n) is 8.38. The van der Waals surface area contributed by atoms with Gasteiger partial charge in [-0.1, -0.05) is 38.1 Å². The van der Waals surface area contributed by atoms with E-state index in [4.69, 9.17) is 23.2 Å². The third-order valence-electron chi connectivity index (χ3n) is 4.96. The maximum atomic E-state index is 12.2. The van der Waals surface area contributed by atoms with E-state index in [1.54, 1.807) is 0 Å². The lowest BCUT2D eigenvalue weighted by Crippen LogP contribution is -2.16. The molecule has 4 heteroatoms. The molecule has 0 saturated heterocycles. The molecule has 0 saturated carbocycles. The number of rotatable bonds is 6. The summed E-state index contributed by atoms with van der Waals surface area (Å²) in [5.74, 6) is 0.766. The summed E-state index contributed by atoms with van der Waals surface area (Å²) in [6, 6.07) is 11.7. The van der Waals surface area contributed by atoms with Crippen molar-refractivity contribution >= 4 is 34.8 Å². The number of Topliss-reactive ketones (excluding diaryl/α,β-unsaturated/α-hetero) is 2. The average Bonchev–Trinajstić information content (AvgIpc) is 2.82. The second-order valence-corrected chi connectivity index (χ2v) is 7.63. The summed E-state index contributed by atoms with van der Waals surface area (Å²) in [5, 5.41) is 0. The van der Waals surface area contributed by atoms with Crippen LogP contribution in [-0.2, 0) is 5.41 Å². The lowest BCUT2D eigenvalue weighted by molar-refractivity contribution is 0.0981. The Morgan fingerprint density at radius 3 is 1.56 bits per heavy atom. The molecule has 0 aliphatic heterocycles. The molecule has 2 nitrogen and oxygen atoms in total. The molecule has 0 unspecified atom stereocenters. The molecule has 0 fully saturated rings. The summed E-state index contributed by atoms with van der Waals surface area (Å²) < 4.78 is 0. The molecule has 0 amide bonds. The maximum absolute atomic E-state index is 12.2. The molecule has 0 spiro atoms. The number of hydrogen-bond acceptors (Lipinski definition) is 2. The van der Waals surface area contributed by atoms with Crippen LogP contribution in [0.5, 0.6) is 0 Å². The first kappa shape index (κ1) is 18.2. The zero-order chi connectivity index (χ0) is 18.2. The van der Waals surface area contributed by atoms with Crippen LogP contribution in [0.3, 0.4) is 0 Å². The predicted octanol–water partition coefficient (Wildman–Crippen LogP) is 5.62. The van der Waals surface area contributed by atoms with E-state index >= 15 is 0 Å². The van der Waals surface area contributed by atoms with E-state index in [1.807, 2.05) is 36.4 Å². The number of carbonyl (C=O) groups is 2. The Morgan fingerprint density at radius 2 is 1.20 bits per heavy atom. The van der Waals surface area contributed by atoms with Gasteiger partial charge in [-0.25, -0.2) is 0 Å². The van der Waals surface area contributed by atoms with Gasteiger partial charge < -0.3 is 0 Å². The second-order valence-electron chi connectivity index (χ2n) is 6.87. The Balaban J connectivity index is 2.07. The smallest absolute Gasteiger partial charge is 0.164 e. The Kier molecular flexibility index (Phi) is 5.04. The van der Waals surface area contributed by atoms with Crippen LogP contribution in [0, 0.1) is 0 Å². The van der Waals surface area contributed by atoms with Crippen LogP contribution >= 0.6 is 23.2 Å². The maximum Gasteiger partial charge on any atom is 0.164 e. The number of fused-ring (bicyclic) bond motifs is 3. The minimum absolute atomic E-state index is 0.0579. The van der Waals surface area contributed by atoms with Crippen molar-refractivity contribution in [1.29, 1.82) is 0 Å². The highest BCUT2D eigenvalue weighted by atomic mass is 35.5. The molecule has 0 radical (unpaired) electrons. The third-order valence-corrected chi connectivity index (χ3v) is 5.34. The highest BCUT2D eigenvalue weighted by molar-refractivity contribution is 6.20. The highest BCUT2D eigenvalue weighted by Gasteiger charge is 2.36. The summed E-state index contributed by atoms with van der Waals surface area (Å²) in [7, 11) is 0. The number of benzene rings is 2. The minimum atomic E-state index is -0.265. The largest absolute Gasteiger partial charge is 0.294 e. The first-order valence-corrected chi connectivity index (χ1v) is 9.44. The van der Waals surface area contributed by atoms with Crippen molar-refractivity contribution in [3.8, 4) is 11.1 Å². The van der Waals surface area contributed by atoms with Gasteiger partial charge in [-0.2, -0.15) is 0 Å². The first-order chi connectivity index (χ1) is 11.9. The molecule has 0 heterocycles. The van der Waals surface area contributed by atoms with E-state index in [0.717, 1.165) is 22.3 Å². The van der Waals surface area contributed by atoms with Gasteiger partial charge in [-0.15, -0.1) is 23.2 Å². The average molecular weight is 375 g/mol. The van der Waals surface area contributed by atoms with Crippen LogP contribution < -0.4 is 0 Å². The van der Waals surface area contributed by atoms with Gasteiger partial charge in [0, 0.05) is 41.1 Å². The molecule has 25 heavy (non-hydrogen) atoms. The van der Waals surface area contributed by atoms with Gasteiger partial charge >= 0.3 is 0 Å². The van der Waals surface area contributed by atoms with Crippen LogP contribution in [0.15, 0.2) is 36.4 Å². The summed E-state index contributed by atoms with van der Waals surface area (Å²) in [6.07, 6.45) is 0.676. The van der Waals surface area contributed by atoms with Crippen molar-refractivity contribution in [2.45, 2.75) is 32.1 Å². The van der Waals surface area contributed by atoms with E-state index in [0.29, 0.717) is 35.7 Å². The van der Waals surface area contributed by atoms with E-state index < -0.39 is 0 Å². The monoisotopic (exact) mass is 374 g/mol. The number of carbonyl (C=O) groups excluding carboxylic acids is 2. The van der Waals surface area contributed by atoms with E-state index in [2.05, 4.69) is 13.8 Å². The van der Waals surface area contributed by atoms with Crippen LogP contribution in [0.2, 0.25) is 0 Å². The molecule has 130 valence electrons. The molecule has 3 rings (SSSR count). The lowest BCUT2D eigenvalue weighted by Gasteiger charge is -2.22. The molecule has 1 aliphatic rings. The Labute approximate surface area is 158 Å². The molecular weight excluding hydrogens is 355 g/mol. The minimum Gasteiger partial charge on any atom is -0.294 e. The molecule has 0 bridgehead atoms. The van der Waals surface area contributed by atoms with Crippen LogP contribution in [-0.4, -0.2) is 23.3 Å². The highest BCUT2D eigenvalue weighted by Crippen LogP contribution is 2.49. The Morgan fingerprint density at radius 1 is 0.800 bits per heavy atom. The van der Waals surface area contributed by atoms with Crippen molar-refractivity contribution in [2.24, 2.45) is 0 Å². The molecular formula is C21H20Cl2O2. The third kappa shape index (κ3) is 3.14. The number of hydrogen-bond donors (Lipinski definition) is 0. The van der Waals surface area contributed by atoms with E-state index in [-0.39, 0.29) is 17.0 Å². The van der Waals surface area contributed by atoms with Gasteiger partial charge in [0.15, 0.2) is 11.6 Å². The topological polar surface area (TPSA) is 34.1 Å². The zero-order valence-electron chi connectivity index (χ0n) is 14.4. The summed E-state index contributed by atoms with van der Waals surface area (Å²) in [4.78, 5) is 24.4. The number of alkyl halides is 2. The lowest BCUT2D eigenvalue weighted by atomic mass is 9.81. The fourth-order valence-corrected chi connectivity index (χ4v) is 3.89. The summed E-state index contributed by atoms with van der Waals surface area (Å²) in [5.41, 5.74) is 5.60. The van der Waals surface area contributed by atoms with Gasteiger partial charge in [-0.3, -0.25) is 9.59 Å². The molecule has 2 aromatic carbocycles. The quantitative estimate of drug-likeness (QED) is 0.485. The van der Waals surface area contributed by atoms with Gasteiger partial charge in [0.25, 0.3) is 0 Å². The second kappa shape index (κ2) is 6.93. The molecule has 0 atom stereocenters. The number of ketones is 2. The van der Waals surface area contributed by atoms with Gasteiger partial charge in [0.1, 0.15) is 0 Å². The normalized spacial score (nSPS) is 14.1. The predicted molar refractivity (Wildman–Crippen MR) is 103 cm³/mol. The fourth-order valence-electron chi connectivity index (χ4n) is 3.54. The standard InChI is InChI=1S/C21H20Cl2O2/c1-21(2)17-11-13(19(24)7-9-22)3-5-15(17)16-6-4-14(12-18(16)21)20(25)8-10-23/h3-6,11-12H,7-10H2,1-2H3. The van der Waals surface area contributed by atoms with Crippen molar-refractivity contribution in [2.75, 3.05) is 11.8 Å². The van der Waals surface area contributed by atoms with E-state index in [9.17, 15) is 9.59 Å². The molecule has 0 aromatic heterocycles. The fraction of sp³-hybridized carbons (Fsp3) is 0.333. The van der Waals surface area contributed by atoms with Crippen molar-refractivity contribution in [1.82, 2.24) is 0 Å². The van der Waals surface area contributed by atoms with Gasteiger partial charge in [0.05, 0.1) is 0 Å². The summed E-state index contributed by atoms with van der Waals surface area (Å²) >= 11 is 11.4. The molecule has 0 N–H and O–H groups in total. The Bertz CT molecular complexity index is 783. The SMILES string of the molecule is CC1(C)c2cc(C(=O)CCCl)ccc2-c2ccc(C(=O)CCCl)cc21. The van der Waals surface area contributed by atoms with Crippen LogP contribution in [0.4, 0.5) is 0 Å². The summed E-state index contributed by atoms with van der Waals surface area (Å²) in [6.45, 7) is 4.26.